The number of aliphatic hydroxyl groups is 1. The Kier molecular flexibility index (Phi) is 4.49. The number of nitrogens with zero attached hydrogens (tertiary/aromatic N) is 1. The van der Waals surface area contributed by atoms with Crippen molar-refractivity contribution in [1.82, 2.24) is 4.98 Å². The van der Waals surface area contributed by atoms with Gasteiger partial charge in [-0.15, -0.1) is 0 Å². The Bertz CT molecular complexity index is 1140. The third kappa shape index (κ3) is 3.42. The molecule has 2 aromatic carbocycles. The van der Waals surface area contributed by atoms with E-state index in [0.717, 1.165) is 22.0 Å². The Morgan fingerprint density at radius 2 is 1.79 bits per heavy atom. The summed E-state index contributed by atoms with van der Waals surface area (Å²) < 4.78 is 0. The molecule has 0 fully saturated rings. The zero-order valence-electron chi connectivity index (χ0n) is 16.3. The Morgan fingerprint density at radius 1 is 1.10 bits per heavy atom. The Balaban J connectivity index is 1.93. The number of carbonyl (C=O) groups excluding carboxylic acids is 1. The molecule has 3 aromatic rings. The molecule has 0 aliphatic heterocycles. The lowest BCUT2D eigenvalue weighted by molar-refractivity contribution is -0.384. The van der Waals surface area contributed by atoms with Crippen LogP contribution < -0.4 is 0 Å². The number of nitro groups is 1. The highest BCUT2D eigenvalue weighted by Crippen LogP contribution is 2.44. The van der Waals surface area contributed by atoms with Crippen LogP contribution in [0.1, 0.15) is 43.7 Å². The van der Waals surface area contributed by atoms with Gasteiger partial charge in [0.2, 0.25) is 0 Å². The molecule has 1 heterocycles. The van der Waals surface area contributed by atoms with Crippen molar-refractivity contribution in [3.8, 4) is 0 Å². The van der Waals surface area contributed by atoms with Crippen LogP contribution in [-0.4, -0.2) is 20.8 Å². The van der Waals surface area contributed by atoms with Gasteiger partial charge in [0, 0.05) is 53.6 Å². The summed E-state index contributed by atoms with van der Waals surface area (Å²) in [7, 11) is 0. The van der Waals surface area contributed by atoms with Gasteiger partial charge in [-0.25, -0.2) is 0 Å². The first kappa shape index (κ1) is 18.9. The highest BCUT2D eigenvalue weighted by Gasteiger charge is 2.38. The van der Waals surface area contributed by atoms with Gasteiger partial charge in [0.15, 0.2) is 5.78 Å². The van der Waals surface area contributed by atoms with Crippen LogP contribution in [0.15, 0.2) is 66.1 Å². The van der Waals surface area contributed by atoms with Gasteiger partial charge in [0.05, 0.1) is 4.92 Å². The summed E-state index contributed by atoms with van der Waals surface area (Å²) in [6, 6.07) is 14.0. The lowest BCUT2D eigenvalue weighted by atomic mass is 9.71. The van der Waals surface area contributed by atoms with Crippen molar-refractivity contribution >= 4 is 22.4 Å². The number of hydrogen-bond acceptors (Lipinski definition) is 4. The molecular weight excluding hydrogens is 368 g/mol. The fourth-order valence-electron chi connectivity index (χ4n) is 4.25. The average Bonchev–Trinajstić information content (AvgIpc) is 3.08. The molecule has 1 aliphatic rings. The standard InChI is InChI=1S/C23H22N2O4/c1-23(2)11-19(26)22(20(27)12-23)21(14-7-9-15(10-8-14)25(28)29)17-13-24-18-6-4-3-5-16(17)18/h3-10,13,21,24,26H,11-12H2,1-2H3. The van der Waals surface area contributed by atoms with E-state index in [4.69, 9.17) is 0 Å². The Hall–Kier alpha value is -3.41. The number of allylic oxidation sites excluding steroid dienone is 2. The van der Waals surface area contributed by atoms with E-state index in [9.17, 15) is 20.0 Å². The minimum absolute atomic E-state index is 0.0132. The molecule has 0 amide bonds. The van der Waals surface area contributed by atoms with E-state index in [1.165, 1.54) is 12.1 Å². The predicted octanol–water partition coefficient (Wildman–Crippen LogP) is 5.41. The number of aliphatic hydroxyl groups excluding tert-OH is 1. The molecule has 2 N–H and O–H groups in total. The molecule has 6 nitrogen and oxygen atoms in total. The van der Waals surface area contributed by atoms with Crippen molar-refractivity contribution in [3.63, 3.8) is 0 Å². The fourth-order valence-corrected chi connectivity index (χ4v) is 4.25. The fraction of sp³-hybridized carbons (Fsp3) is 0.261. The first-order chi connectivity index (χ1) is 13.8. The second-order valence-corrected chi connectivity index (χ2v) is 8.37. The van der Waals surface area contributed by atoms with Gasteiger partial charge in [0.25, 0.3) is 5.69 Å². The normalized spacial score (nSPS) is 17.5. The number of carbonyl (C=O) groups is 1. The number of nitro benzene ring substituents is 1. The van der Waals surface area contributed by atoms with Crippen molar-refractivity contribution in [2.45, 2.75) is 32.6 Å². The number of aromatic amines is 1. The number of fused-ring (bicyclic) bond motifs is 1. The maximum Gasteiger partial charge on any atom is 0.269 e. The van der Waals surface area contributed by atoms with Gasteiger partial charge in [-0.3, -0.25) is 14.9 Å². The van der Waals surface area contributed by atoms with E-state index in [0.29, 0.717) is 18.4 Å². The maximum atomic E-state index is 13.1. The summed E-state index contributed by atoms with van der Waals surface area (Å²) in [6.07, 6.45) is 2.61. The number of benzene rings is 2. The van der Waals surface area contributed by atoms with Crippen molar-refractivity contribution in [1.29, 1.82) is 0 Å². The number of rotatable bonds is 4. The van der Waals surface area contributed by atoms with Crippen LogP contribution in [0.5, 0.6) is 0 Å². The van der Waals surface area contributed by atoms with Crippen LogP contribution in [0.4, 0.5) is 5.69 Å². The predicted molar refractivity (Wildman–Crippen MR) is 111 cm³/mol. The molecule has 1 aliphatic carbocycles. The SMILES string of the molecule is CC1(C)CC(=O)C(C(c2ccc([N+](=O)[O-])cc2)c2c[nH]c3ccccc23)=C(O)C1. The summed E-state index contributed by atoms with van der Waals surface area (Å²) >= 11 is 0. The van der Waals surface area contributed by atoms with Gasteiger partial charge < -0.3 is 10.1 Å². The minimum atomic E-state index is -0.504. The number of aromatic nitrogens is 1. The molecule has 1 unspecified atom stereocenters. The number of nitrogens with one attached hydrogen (secondary N) is 1. The van der Waals surface area contributed by atoms with E-state index in [2.05, 4.69) is 4.98 Å². The summed E-state index contributed by atoms with van der Waals surface area (Å²) in [5.74, 6) is -0.497. The van der Waals surface area contributed by atoms with E-state index in [1.807, 2.05) is 44.3 Å². The van der Waals surface area contributed by atoms with Crippen LogP contribution in [0.2, 0.25) is 0 Å². The number of hydrogen-bond donors (Lipinski definition) is 2. The molecule has 0 saturated carbocycles. The zero-order valence-corrected chi connectivity index (χ0v) is 16.3. The molecule has 6 heteroatoms. The van der Waals surface area contributed by atoms with Crippen molar-refractivity contribution in [2.24, 2.45) is 5.41 Å². The van der Waals surface area contributed by atoms with E-state index in [1.54, 1.807) is 12.1 Å². The largest absolute Gasteiger partial charge is 0.512 e. The molecule has 0 spiro atoms. The van der Waals surface area contributed by atoms with Crippen molar-refractivity contribution < 1.29 is 14.8 Å². The third-order valence-corrected chi connectivity index (χ3v) is 5.55. The number of ketones is 1. The summed E-state index contributed by atoms with van der Waals surface area (Å²) in [5.41, 5.74) is 2.59. The first-order valence-corrected chi connectivity index (χ1v) is 9.52. The quantitative estimate of drug-likeness (QED) is 0.460. The van der Waals surface area contributed by atoms with E-state index < -0.39 is 10.8 Å². The van der Waals surface area contributed by atoms with E-state index >= 15 is 0 Å². The van der Waals surface area contributed by atoms with Gasteiger partial charge in [-0.2, -0.15) is 0 Å². The molecule has 1 atom stereocenters. The van der Waals surface area contributed by atoms with Gasteiger partial charge in [-0.05, 0) is 22.6 Å². The van der Waals surface area contributed by atoms with Gasteiger partial charge >= 0.3 is 0 Å². The summed E-state index contributed by atoms with van der Waals surface area (Å²) in [5, 5.41) is 22.9. The molecule has 148 valence electrons. The molecule has 0 radical (unpaired) electrons. The lowest BCUT2D eigenvalue weighted by Crippen LogP contribution is -2.28. The van der Waals surface area contributed by atoms with Crippen molar-refractivity contribution in [3.05, 3.63) is 87.3 Å². The van der Waals surface area contributed by atoms with Gasteiger partial charge in [0.1, 0.15) is 5.76 Å². The highest BCUT2D eigenvalue weighted by molar-refractivity contribution is 6.00. The van der Waals surface area contributed by atoms with Crippen LogP contribution in [0.25, 0.3) is 10.9 Å². The minimum Gasteiger partial charge on any atom is -0.512 e. The highest BCUT2D eigenvalue weighted by atomic mass is 16.6. The molecule has 1 aromatic heterocycles. The molecular formula is C23H22N2O4. The number of para-hydroxylation sites is 1. The van der Waals surface area contributed by atoms with Crippen LogP contribution in [0.3, 0.4) is 0 Å². The molecule has 0 bridgehead atoms. The number of H-pyrrole nitrogens is 1. The van der Waals surface area contributed by atoms with Crippen molar-refractivity contribution in [2.75, 3.05) is 0 Å². The Labute approximate surface area is 168 Å². The summed E-state index contributed by atoms with van der Waals surface area (Å²) in [6.45, 7) is 3.93. The van der Waals surface area contributed by atoms with E-state index in [-0.39, 0.29) is 22.6 Å². The third-order valence-electron chi connectivity index (χ3n) is 5.55. The first-order valence-electron chi connectivity index (χ1n) is 9.52. The topological polar surface area (TPSA) is 96.2 Å². The van der Waals surface area contributed by atoms with Crippen LogP contribution in [-0.2, 0) is 4.79 Å². The number of Topliss-reactive ketones (excluding diaryl/α,β-unsaturated/α-hetero) is 1. The maximum absolute atomic E-state index is 13.1. The molecule has 4 rings (SSSR count). The van der Waals surface area contributed by atoms with Gasteiger partial charge in [-0.1, -0.05) is 44.2 Å². The molecule has 29 heavy (non-hydrogen) atoms. The van der Waals surface area contributed by atoms with Crippen LogP contribution in [0, 0.1) is 15.5 Å². The van der Waals surface area contributed by atoms with Crippen LogP contribution >= 0.6 is 0 Å². The lowest BCUT2D eigenvalue weighted by Gasteiger charge is -2.32. The number of non-ortho nitro benzene ring substituents is 1. The molecule has 0 saturated heterocycles. The smallest absolute Gasteiger partial charge is 0.269 e. The Morgan fingerprint density at radius 3 is 2.45 bits per heavy atom. The monoisotopic (exact) mass is 390 g/mol. The second kappa shape index (κ2) is 6.88. The second-order valence-electron chi connectivity index (χ2n) is 8.37. The average molecular weight is 390 g/mol. The summed E-state index contributed by atoms with van der Waals surface area (Å²) in [4.78, 5) is 26.9. The zero-order chi connectivity index (χ0) is 20.8.